The van der Waals surface area contributed by atoms with Gasteiger partial charge in [0, 0.05) is 56.6 Å². The Kier molecular flexibility index (Phi) is 6.30. The highest BCUT2D eigenvalue weighted by Crippen LogP contribution is 2.33. The summed E-state index contributed by atoms with van der Waals surface area (Å²) in [5.41, 5.74) is 2.71. The summed E-state index contributed by atoms with van der Waals surface area (Å²) in [5, 5.41) is 10.9. The molecular formula is C25H34N4O2. The van der Waals surface area contributed by atoms with Gasteiger partial charge in [0.1, 0.15) is 5.82 Å². The van der Waals surface area contributed by atoms with Gasteiger partial charge in [-0.25, -0.2) is 4.98 Å². The quantitative estimate of drug-likeness (QED) is 0.820. The third-order valence-electron chi connectivity index (χ3n) is 6.27. The molecule has 1 aromatic heterocycles. The molecule has 2 aliphatic heterocycles. The number of aryl methyl sites for hydroxylation is 1. The molecule has 3 heterocycles. The van der Waals surface area contributed by atoms with Crippen molar-refractivity contribution in [2.75, 3.05) is 49.1 Å². The first-order valence-corrected chi connectivity index (χ1v) is 11.3. The number of fused-ring (bicyclic) bond motifs is 1. The highest BCUT2D eigenvalue weighted by Gasteiger charge is 2.31. The van der Waals surface area contributed by atoms with Crippen molar-refractivity contribution in [3.63, 3.8) is 0 Å². The maximum absolute atomic E-state index is 12.9. The molecule has 0 bridgehead atoms. The lowest BCUT2D eigenvalue weighted by Crippen LogP contribution is -2.47. The number of anilines is 2. The number of carbonyl (C=O) groups excluding carboxylic acids is 1. The molecule has 0 aliphatic carbocycles. The fourth-order valence-electron chi connectivity index (χ4n) is 4.49. The lowest BCUT2D eigenvalue weighted by Gasteiger charge is -2.36. The molecule has 1 amide bonds. The summed E-state index contributed by atoms with van der Waals surface area (Å²) < 4.78 is 0. The van der Waals surface area contributed by atoms with Crippen molar-refractivity contribution in [2.45, 2.75) is 39.7 Å². The Morgan fingerprint density at radius 3 is 2.55 bits per heavy atom. The van der Waals surface area contributed by atoms with E-state index in [-0.39, 0.29) is 5.91 Å². The van der Waals surface area contributed by atoms with Gasteiger partial charge in [0.05, 0.1) is 6.10 Å². The van der Waals surface area contributed by atoms with E-state index in [1.54, 1.807) is 0 Å². The summed E-state index contributed by atoms with van der Waals surface area (Å²) in [5.74, 6) is 1.18. The Bertz CT molecular complexity index is 901. The number of hydrogen-bond acceptors (Lipinski definition) is 5. The highest BCUT2D eigenvalue weighted by molar-refractivity contribution is 5.98. The van der Waals surface area contributed by atoms with E-state index in [9.17, 15) is 9.90 Å². The van der Waals surface area contributed by atoms with Gasteiger partial charge in [0.2, 0.25) is 5.91 Å². The number of β-amino-alcohol motifs (C(OH)–C–C–N with tert-alkyl or cyclic N) is 1. The number of piperazine rings is 1. The smallest absolute Gasteiger partial charge is 0.232 e. The van der Waals surface area contributed by atoms with Crippen LogP contribution in [-0.2, 0) is 11.2 Å². The van der Waals surface area contributed by atoms with Crippen LogP contribution in [0, 0.1) is 5.41 Å². The molecule has 1 atom stereocenters. The van der Waals surface area contributed by atoms with Crippen LogP contribution >= 0.6 is 0 Å². The van der Waals surface area contributed by atoms with Gasteiger partial charge in [0.25, 0.3) is 0 Å². The number of aliphatic hydroxyl groups is 1. The molecule has 1 aromatic carbocycles. The van der Waals surface area contributed by atoms with Crippen LogP contribution in [0.5, 0.6) is 0 Å². The van der Waals surface area contributed by atoms with E-state index < -0.39 is 11.5 Å². The Morgan fingerprint density at radius 1 is 1.10 bits per heavy atom. The first-order valence-electron chi connectivity index (χ1n) is 11.3. The molecule has 0 saturated carbocycles. The van der Waals surface area contributed by atoms with Gasteiger partial charge in [-0.1, -0.05) is 39.0 Å². The van der Waals surface area contributed by atoms with Crippen molar-refractivity contribution >= 4 is 17.4 Å². The van der Waals surface area contributed by atoms with Gasteiger partial charge < -0.3 is 14.9 Å². The fourth-order valence-corrected chi connectivity index (χ4v) is 4.49. The molecule has 166 valence electrons. The molecule has 6 heteroatoms. The van der Waals surface area contributed by atoms with Crippen molar-refractivity contribution in [1.29, 1.82) is 0 Å². The Balaban J connectivity index is 1.39. The second-order valence-electron chi connectivity index (χ2n) is 9.69. The number of carbonyl (C=O) groups is 1. The average Bonchev–Trinajstić information content (AvgIpc) is 2.78. The number of rotatable bonds is 4. The van der Waals surface area contributed by atoms with E-state index >= 15 is 0 Å². The highest BCUT2D eigenvalue weighted by atomic mass is 16.3. The minimum Gasteiger partial charge on any atom is -0.387 e. The Hall–Kier alpha value is -2.44. The van der Waals surface area contributed by atoms with Crippen molar-refractivity contribution in [1.82, 2.24) is 9.88 Å². The number of hydrogen-bond donors (Lipinski definition) is 1. The molecule has 0 unspecified atom stereocenters. The van der Waals surface area contributed by atoms with Gasteiger partial charge in [-0.15, -0.1) is 0 Å². The third kappa shape index (κ3) is 4.91. The minimum atomic E-state index is -0.527. The van der Waals surface area contributed by atoms with Crippen LogP contribution in [0.2, 0.25) is 0 Å². The van der Waals surface area contributed by atoms with Crippen LogP contribution in [0.1, 0.15) is 44.4 Å². The molecule has 0 radical (unpaired) electrons. The lowest BCUT2D eigenvalue weighted by atomic mass is 9.91. The third-order valence-corrected chi connectivity index (χ3v) is 6.27. The van der Waals surface area contributed by atoms with Crippen LogP contribution in [0.4, 0.5) is 11.5 Å². The SMILES string of the molecule is CC(C)(C)C(=O)N1CCCc2cc([C@@H](O)CN3CCN(c4ccccn4)CC3)ccc21. The first-order chi connectivity index (χ1) is 14.8. The molecule has 1 N–H and O–H groups in total. The number of pyridine rings is 1. The van der Waals surface area contributed by atoms with Gasteiger partial charge >= 0.3 is 0 Å². The van der Waals surface area contributed by atoms with E-state index in [0.29, 0.717) is 6.54 Å². The zero-order valence-electron chi connectivity index (χ0n) is 18.9. The Labute approximate surface area is 185 Å². The predicted molar refractivity (Wildman–Crippen MR) is 124 cm³/mol. The van der Waals surface area contributed by atoms with Crippen molar-refractivity contribution in [3.8, 4) is 0 Å². The number of amides is 1. The van der Waals surface area contributed by atoms with Crippen molar-refractivity contribution in [2.24, 2.45) is 5.41 Å². The molecule has 31 heavy (non-hydrogen) atoms. The fraction of sp³-hybridized carbons (Fsp3) is 0.520. The normalized spacial score (nSPS) is 18.6. The van der Waals surface area contributed by atoms with E-state index in [1.165, 1.54) is 5.56 Å². The molecule has 2 aliphatic rings. The summed E-state index contributed by atoms with van der Waals surface area (Å²) in [4.78, 5) is 23.8. The monoisotopic (exact) mass is 422 g/mol. The average molecular weight is 423 g/mol. The second-order valence-corrected chi connectivity index (χ2v) is 9.69. The van der Waals surface area contributed by atoms with Crippen molar-refractivity contribution in [3.05, 3.63) is 53.7 Å². The lowest BCUT2D eigenvalue weighted by molar-refractivity contribution is -0.125. The molecule has 1 saturated heterocycles. The Morgan fingerprint density at radius 2 is 1.87 bits per heavy atom. The molecular weight excluding hydrogens is 388 g/mol. The van der Waals surface area contributed by atoms with Gasteiger partial charge in [-0.05, 0) is 42.2 Å². The van der Waals surface area contributed by atoms with E-state index in [4.69, 9.17) is 0 Å². The summed E-state index contributed by atoms with van der Waals surface area (Å²) in [7, 11) is 0. The van der Waals surface area contributed by atoms with Crippen molar-refractivity contribution < 1.29 is 9.90 Å². The summed E-state index contributed by atoms with van der Waals surface area (Å²) in [6.45, 7) is 10.9. The standard InChI is InChI=1S/C25H34N4O2/c1-25(2,3)24(31)29-12-6-7-19-17-20(9-10-21(19)29)22(30)18-27-13-15-28(16-14-27)23-8-4-5-11-26-23/h4-5,8-11,17,22,30H,6-7,12-16,18H2,1-3H3/t22-/m0/s1. The zero-order chi connectivity index (χ0) is 22.0. The molecule has 6 nitrogen and oxygen atoms in total. The van der Waals surface area contributed by atoms with Gasteiger partial charge in [0.15, 0.2) is 0 Å². The summed E-state index contributed by atoms with van der Waals surface area (Å²) >= 11 is 0. The van der Waals surface area contributed by atoms with E-state index in [1.807, 2.05) is 62.2 Å². The largest absolute Gasteiger partial charge is 0.387 e. The van der Waals surface area contributed by atoms with Crippen LogP contribution in [0.25, 0.3) is 0 Å². The topological polar surface area (TPSA) is 59.9 Å². The predicted octanol–water partition coefficient (Wildman–Crippen LogP) is 3.26. The number of aliphatic hydroxyl groups excluding tert-OH is 1. The minimum absolute atomic E-state index is 0.160. The zero-order valence-corrected chi connectivity index (χ0v) is 18.9. The van der Waals surface area contributed by atoms with E-state index in [2.05, 4.69) is 20.9 Å². The second kappa shape index (κ2) is 8.97. The molecule has 0 spiro atoms. The van der Waals surface area contributed by atoms with Crippen LogP contribution in [0.15, 0.2) is 42.6 Å². The number of nitrogens with zero attached hydrogens (tertiary/aromatic N) is 4. The maximum Gasteiger partial charge on any atom is 0.232 e. The van der Waals surface area contributed by atoms with E-state index in [0.717, 1.165) is 62.6 Å². The molecule has 2 aromatic rings. The van der Waals surface area contributed by atoms with Crippen LogP contribution < -0.4 is 9.80 Å². The summed E-state index contributed by atoms with van der Waals surface area (Å²) in [6.07, 6.45) is 3.22. The summed E-state index contributed by atoms with van der Waals surface area (Å²) in [6, 6.07) is 12.1. The number of aromatic nitrogens is 1. The molecule has 1 fully saturated rings. The maximum atomic E-state index is 12.9. The van der Waals surface area contributed by atoms with Crippen LogP contribution in [0.3, 0.4) is 0 Å². The van der Waals surface area contributed by atoms with Gasteiger partial charge in [-0.2, -0.15) is 0 Å². The molecule has 4 rings (SSSR count). The first kappa shape index (κ1) is 21.8. The number of benzene rings is 1. The van der Waals surface area contributed by atoms with Gasteiger partial charge in [-0.3, -0.25) is 9.69 Å². The van der Waals surface area contributed by atoms with Crippen LogP contribution in [-0.4, -0.2) is 60.2 Å².